The highest BCUT2D eigenvalue weighted by atomic mass is 16.5. The van der Waals surface area contributed by atoms with Gasteiger partial charge < -0.3 is 30.1 Å². The molecule has 1 aliphatic carbocycles. The molecule has 200 valence electrons. The molecule has 10 nitrogen and oxygen atoms in total. The third kappa shape index (κ3) is 3.54. The number of fused-ring (bicyclic) bond motifs is 6. The van der Waals surface area contributed by atoms with E-state index in [1.54, 1.807) is 13.2 Å². The SMILES string of the molecule is CCOc1cc(C(=O)N2CC3C(C2)[C@@H]2CN(C(=O)c4ccc5c(c4)NNN5)C[C@H]32)nc2cc(OC)ccc12.[HH].[HH]. The van der Waals surface area contributed by atoms with Gasteiger partial charge >= 0.3 is 0 Å². The summed E-state index contributed by atoms with van der Waals surface area (Å²) in [5.74, 6) is 3.06. The number of nitrogens with one attached hydrogen (secondary N) is 3. The molecule has 2 amide bonds. The average Bonchev–Trinajstić information content (AvgIpc) is 3.66. The van der Waals surface area contributed by atoms with Crippen LogP contribution in [0.5, 0.6) is 11.5 Å². The number of carbonyl (C=O) groups excluding carboxylic acids is 2. The summed E-state index contributed by atoms with van der Waals surface area (Å²) >= 11 is 0. The summed E-state index contributed by atoms with van der Waals surface area (Å²) in [5.41, 5.74) is 12.4. The summed E-state index contributed by atoms with van der Waals surface area (Å²) in [7, 11) is 1.61. The smallest absolute Gasteiger partial charge is 0.272 e. The van der Waals surface area contributed by atoms with Crippen LogP contribution in [-0.4, -0.2) is 66.5 Å². The van der Waals surface area contributed by atoms with Crippen LogP contribution in [-0.2, 0) is 0 Å². The highest BCUT2D eigenvalue weighted by Crippen LogP contribution is 2.54. The molecule has 3 aliphatic heterocycles. The van der Waals surface area contributed by atoms with E-state index in [2.05, 4.69) is 21.4 Å². The number of pyridine rings is 1. The van der Waals surface area contributed by atoms with Gasteiger partial charge in [-0.1, -0.05) is 0 Å². The minimum absolute atomic E-state index is 0. The number of ether oxygens (including phenoxy) is 2. The lowest BCUT2D eigenvalue weighted by atomic mass is 9.60. The number of hydrazine groups is 2. The van der Waals surface area contributed by atoms with Crippen molar-refractivity contribution in [2.24, 2.45) is 23.7 Å². The Hall–Kier alpha value is -4.05. The van der Waals surface area contributed by atoms with Gasteiger partial charge in [0.15, 0.2) is 0 Å². The van der Waals surface area contributed by atoms with Crippen LogP contribution in [0.4, 0.5) is 11.4 Å². The zero-order valence-corrected chi connectivity index (χ0v) is 21.4. The molecule has 2 unspecified atom stereocenters. The Kier molecular flexibility index (Phi) is 5.33. The molecular weight excluding hydrogens is 484 g/mol. The standard InChI is InChI=1S/C28H30N6O4.2H2/c1-3-38-26-10-25(29-23-9-16(37-2)5-6-17(23)26)28(36)34-13-20-18-11-33(12-19(18)21(20)14-34)27(35)15-4-7-22-24(8-15)31-32-30-22;;/h4-10,18-21,30-32H,3,11-14H2,1-2H3;2*1H/t18-,19+,20?,21?;;. The molecule has 3 fully saturated rings. The van der Waals surface area contributed by atoms with E-state index >= 15 is 0 Å². The third-order valence-corrected chi connectivity index (χ3v) is 8.66. The molecule has 1 aromatic heterocycles. The number of carbonyl (C=O) groups is 2. The number of nitrogens with zero attached hydrogens (tertiary/aromatic N) is 3. The molecule has 1 saturated carbocycles. The van der Waals surface area contributed by atoms with Crippen LogP contribution in [0, 0.1) is 23.7 Å². The predicted octanol–water partition coefficient (Wildman–Crippen LogP) is 3.48. The van der Waals surface area contributed by atoms with Gasteiger partial charge in [-0.2, -0.15) is 0 Å². The van der Waals surface area contributed by atoms with Crippen LogP contribution in [0.15, 0.2) is 42.5 Å². The second-order valence-corrected chi connectivity index (χ2v) is 10.5. The molecule has 38 heavy (non-hydrogen) atoms. The van der Waals surface area contributed by atoms with Crippen LogP contribution < -0.4 is 25.9 Å². The molecule has 0 spiro atoms. The zero-order chi connectivity index (χ0) is 26.0. The van der Waals surface area contributed by atoms with Gasteiger partial charge in [0.25, 0.3) is 11.8 Å². The second-order valence-electron chi connectivity index (χ2n) is 10.5. The number of benzene rings is 2. The molecule has 0 radical (unpaired) electrons. The van der Waals surface area contributed by atoms with Crippen molar-refractivity contribution in [3.8, 4) is 11.5 Å². The first-order chi connectivity index (χ1) is 18.5. The molecule has 4 aliphatic rings. The molecule has 2 saturated heterocycles. The Labute approximate surface area is 223 Å². The maximum absolute atomic E-state index is 13.6. The quantitative estimate of drug-likeness (QED) is 0.471. The van der Waals surface area contributed by atoms with Crippen molar-refractivity contribution in [3.05, 3.63) is 53.7 Å². The number of hydrogen-bond donors (Lipinski definition) is 3. The molecular formula is C28H34N6O4. The highest BCUT2D eigenvalue weighted by Gasteiger charge is 2.59. The lowest BCUT2D eigenvalue weighted by Gasteiger charge is -2.42. The second kappa shape index (κ2) is 8.76. The van der Waals surface area contributed by atoms with Gasteiger partial charge in [0.05, 0.1) is 30.6 Å². The van der Waals surface area contributed by atoms with Gasteiger partial charge in [-0.3, -0.25) is 9.59 Å². The van der Waals surface area contributed by atoms with E-state index in [4.69, 9.17) is 9.47 Å². The van der Waals surface area contributed by atoms with Gasteiger partial charge in [-0.25, -0.2) is 4.98 Å². The van der Waals surface area contributed by atoms with E-state index in [1.807, 2.05) is 53.1 Å². The van der Waals surface area contributed by atoms with Gasteiger partial charge in [-0.05, 0) is 60.9 Å². The molecule has 3 aromatic rings. The summed E-state index contributed by atoms with van der Waals surface area (Å²) in [6, 6.07) is 13.0. The van der Waals surface area contributed by atoms with Crippen LogP contribution in [0.3, 0.4) is 0 Å². The fourth-order valence-electron chi connectivity index (χ4n) is 6.79. The lowest BCUT2D eigenvalue weighted by Crippen LogP contribution is -2.44. The van der Waals surface area contributed by atoms with Gasteiger partial charge in [0.1, 0.15) is 17.2 Å². The van der Waals surface area contributed by atoms with Crippen molar-refractivity contribution in [2.75, 3.05) is 50.7 Å². The number of likely N-dealkylation sites (tertiary alicyclic amines) is 2. The first kappa shape index (κ1) is 23.1. The maximum atomic E-state index is 13.6. The minimum atomic E-state index is -0.0658. The largest absolute Gasteiger partial charge is 0.497 e. The van der Waals surface area contributed by atoms with Crippen LogP contribution in [0.2, 0.25) is 0 Å². The summed E-state index contributed by atoms with van der Waals surface area (Å²) in [6.07, 6.45) is 0. The first-order valence-electron chi connectivity index (χ1n) is 13.1. The Morgan fingerprint density at radius 2 is 1.61 bits per heavy atom. The van der Waals surface area contributed by atoms with E-state index in [0.29, 0.717) is 71.6 Å². The number of methoxy groups -OCH3 is 1. The maximum Gasteiger partial charge on any atom is 0.272 e. The predicted molar refractivity (Wildman–Crippen MR) is 146 cm³/mol. The number of aromatic nitrogens is 1. The topological polar surface area (TPSA) is 108 Å². The molecule has 3 N–H and O–H groups in total. The number of hydrogen-bond acceptors (Lipinski definition) is 8. The highest BCUT2D eigenvalue weighted by molar-refractivity contribution is 5.98. The zero-order valence-electron chi connectivity index (χ0n) is 21.4. The van der Waals surface area contributed by atoms with E-state index in [0.717, 1.165) is 29.9 Å². The number of anilines is 2. The van der Waals surface area contributed by atoms with Crippen molar-refractivity contribution < 1.29 is 21.9 Å². The Bertz CT molecular complexity index is 1450. The lowest BCUT2D eigenvalue weighted by molar-refractivity contribution is 0.0629. The first-order valence-corrected chi connectivity index (χ1v) is 13.1. The Balaban J connectivity index is 0.00000161. The summed E-state index contributed by atoms with van der Waals surface area (Å²) < 4.78 is 11.2. The molecule has 4 atom stereocenters. The van der Waals surface area contributed by atoms with Gasteiger partial charge in [-0.15, -0.1) is 5.53 Å². The number of amides is 2. The molecule has 4 heterocycles. The van der Waals surface area contributed by atoms with Gasteiger partial charge in [0, 0.05) is 52.1 Å². The third-order valence-electron chi connectivity index (χ3n) is 8.66. The summed E-state index contributed by atoms with van der Waals surface area (Å²) in [4.78, 5) is 35.5. The van der Waals surface area contributed by atoms with Crippen molar-refractivity contribution in [1.82, 2.24) is 20.3 Å². The summed E-state index contributed by atoms with van der Waals surface area (Å²) in [6.45, 7) is 5.33. The number of rotatable bonds is 5. The molecule has 0 bridgehead atoms. The monoisotopic (exact) mass is 518 g/mol. The normalized spacial score (nSPS) is 24.7. The Morgan fingerprint density at radius 3 is 2.29 bits per heavy atom. The van der Waals surface area contributed by atoms with E-state index in [1.165, 1.54) is 0 Å². The Morgan fingerprint density at radius 1 is 0.921 bits per heavy atom. The molecule has 2 aromatic carbocycles. The van der Waals surface area contributed by atoms with Crippen molar-refractivity contribution in [2.45, 2.75) is 6.92 Å². The van der Waals surface area contributed by atoms with E-state index < -0.39 is 0 Å². The van der Waals surface area contributed by atoms with Crippen LogP contribution in [0.1, 0.15) is 30.6 Å². The molecule has 10 heteroatoms. The van der Waals surface area contributed by atoms with Crippen LogP contribution >= 0.6 is 0 Å². The van der Waals surface area contributed by atoms with E-state index in [-0.39, 0.29) is 14.7 Å². The van der Waals surface area contributed by atoms with Crippen molar-refractivity contribution in [1.29, 1.82) is 0 Å². The fraction of sp³-hybridized carbons (Fsp3) is 0.393. The molecule has 7 rings (SSSR count). The summed E-state index contributed by atoms with van der Waals surface area (Å²) in [5, 5.41) is 0.858. The van der Waals surface area contributed by atoms with Crippen molar-refractivity contribution in [3.63, 3.8) is 0 Å². The van der Waals surface area contributed by atoms with Gasteiger partial charge in [0.2, 0.25) is 0 Å². The van der Waals surface area contributed by atoms with E-state index in [9.17, 15) is 9.59 Å². The van der Waals surface area contributed by atoms with Crippen LogP contribution in [0.25, 0.3) is 10.9 Å². The van der Waals surface area contributed by atoms with Crippen molar-refractivity contribution >= 4 is 34.1 Å². The average molecular weight is 519 g/mol. The fourth-order valence-corrected chi connectivity index (χ4v) is 6.79. The minimum Gasteiger partial charge on any atom is -0.497 e.